The maximum atomic E-state index is 12.6. The van der Waals surface area contributed by atoms with Gasteiger partial charge < -0.3 is 0 Å². The molecular weight excluding hydrogens is 357 g/mol. The molecule has 0 bridgehead atoms. The van der Waals surface area contributed by atoms with Crippen LogP contribution in [-0.4, -0.2) is 10.9 Å². The van der Waals surface area contributed by atoms with Crippen LogP contribution < -0.4 is 5.32 Å². The fraction of sp³-hybridized carbons (Fsp3) is 0.167. The molecule has 2 rings (SSSR count). The highest BCUT2D eigenvalue weighted by atomic mass is 79.9. The maximum Gasteiger partial charge on any atom is 0.416 e. The van der Waals surface area contributed by atoms with Gasteiger partial charge in [0.1, 0.15) is 0 Å². The number of hydrogen-bond acceptors (Lipinski definition) is 3. The predicted molar refractivity (Wildman–Crippen MR) is 73.9 cm³/mol. The molecule has 0 fully saturated rings. The Bertz CT molecular complexity index is 654. The summed E-state index contributed by atoms with van der Waals surface area (Å²) in [7, 11) is 0. The number of thiazole rings is 1. The third-order valence-corrected chi connectivity index (χ3v) is 3.90. The summed E-state index contributed by atoms with van der Waals surface area (Å²) < 4.78 is 38.2. The number of nitrogens with zero attached hydrogens (tertiary/aromatic N) is 1. The van der Waals surface area contributed by atoms with Crippen LogP contribution in [0.25, 0.3) is 0 Å². The van der Waals surface area contributed by atoms with Crippen LogP contribution in [-0.2, 0) is 6.18 Å². The van der Waals surface area contributed by atoms with Crippen LogP contribution in [0.4, 0.5) is 18.3 Å². The van der Waals surface area contributed by atoms with Crippen LogP contribution in [0.15, 0.2) is 28.9 Å². The Morgan fingerprint density at radius 3 is 2.65 bits per heavy atom. The van der Waals surface area contributed by atoms with E-state index in [2.05, 4.69) is 26.2 Å². The zero-order valence-electron chi connectivity index (χ0n) is 10.1. The van der Waals surface area contributed by atoms with E-state index in [-0.39, 0.29) is 10.0 Å². The van der Waals surface area contributed by atoms with Crippen LogP contribution in [0.2, 0.25) is 0 Å². The van der Waals surface area contributed by atoms with E-state index in [1.54, 1.807) is 6.20 Å². The highest BCUT2D eigenvalue weighted by Crippen LogP contribution is 2.32. The molecule has 0 radical (unpaired) electrons. The highest BCUT2D eigenvalue weighted by Gasteiger charge is 2.31. The Balaban J connectivity index is 2.29. The van der Waals surface area contributed by atoms with Crippen molar-refractivity contribution in [1.29, 1.82) is 0 Å². The van der Waals surface area contributed by atoms with Crippen molar-refractivity contribution in [2.75, 3.05) is 5.32 Å². The van der Waals surface area contributed by atoms with Crippen molar-refractivity contribution < 1.29 is 18.0 Å². The van der Waals surface area contributed by atoms with Gasteiger partial charge in [-0.3, -0.25) is 10.1 Å². The molecule has 1 aromatic heterocycles. The number of alkyl halides is 3. The molecule has 1 N–H and O–H groups in total. The van der Waals surface area contributed by atoms with E-state index in [9.17, 15) is 18.0 Å². The van der Waals surface area contributed by atoms with Crippen molar-refractivity contribution in [3.05, 3.63) is 44.9 Å². The number of benzene rings is 1. The summed E-state index contributed by atoms with van der Waals surface area (Å²) in [6, 6.07) is 2.92. The van der Waals surface area contributed by atoms with E-state index in [1.807, 2.05) is 6.92 Å². The van der Waals surface area contributed by atoms with Crippen molar-refractivity contribution in [3.8, 4) is 0 Å². The zero-order valence-corrected chi connectivity index (χ0v) is 12.5. The molecule has 0 saturated heterocycles. The summed E-state index contributed by atoms with van der Waals surface area (Å²) in [6.45, 7) is 1.81. The quantitative estimate of drug-likeness (QED) is 0.853. The number of carbonyl (C=O) groups excluding carboxylic acids is 1. The minimum Gasteiger partial charge on any atom is -0.298 e. The fourth-order valence-electron chi connectivity index (χ4n) is 1.45. The molecule has 0 spiro atoms. The molecule has 0 saturated carbocycles. The number of anilines is 1. The second kappa shape index (κ2) is 5.53. The lowest BCUT2D eigenvalue weighted by molar-refractivity contribution is -0.137. The van der Waals surface area contributed by atoms with E-state index in [0.717, 1.165) is 17.0 Å². The lowest BCUT2D eigenvalue weighted by atomic mass is 10.1. The number of aromatic nitrogens is 1. The Morgan fingerprint density at radius 1 is 1.40 bits per heavy atom. The van der Waals surface area contributed by atoms with Crippen LogP contribution in [0, 0.1) is 6.92 Å². The molecule has 8 heteroatoms. The maximum absolute atomic E-state index is 12.6. The van der Waals surface area contributed by atoms with E-state index < -0.39 is 17.6 Å². The van der Waals surface area contributed by atoms with Crippen molar-refractivity contribution in [3.63, 3.8) is 0 Å². The van der Waals surface area contributed by atoms with E-state index in [0.29, 0.717) is 5.13 Å². The lowest BCUT2D eigenvalue weighted by Crippen LogP contribution is -2.14. The second-order valence-electron chi connectivity index (χ2n) is 3.92. The number of rotatable bonds is 2. The fourth-order valence-corrected chi connectivity index (χ4v) is 2.54. The Morgan fingerprint density at radius 2 is 2.10 bits per heavy atom. The number of halogens is 4. The van der Waals surface area contributed by atoms with Gasteiger partial charge in [0.05, 0.1) is 11.1 Å². The topological polar surface area (TPSA) is 42.0 Å². The summed E-state index contributed by atoms with van der Waals surface area (Å²) in [5, 5.41) is 2.81. The summed E-state index contributed by atoms with van der Waals surface area (Å²) in [4.78, 5) is 16.8. The van der Waals surface area contributed by atoms with Gasteiger partial charge in [0.25, 0.3) is 5.91 Å². The average Bonchev–Trinajstić information content (AvgIpc) is 2.73. The lowest BCUT2D eigenvalue weighted by Gasteiger charge is -2.10. The molecule has 2 aromatic rings. The number of carbonyl (C=O) groups is 1. The molecule has 0 aliphatic rings. The smallest absolute Gasteiger partial charge is 0.298 e. The molecule has 1 amide bonds. The number of aryl methyl sites for hydroxylation is 1. The summed E-state index contributed by atoms with van der Waals surface area (Å²) in [6.07, 6.45) is -2.92. The third-order valence-electron chi connectivity index (χ3n) is 2.38. The van der Waals surface area contributed by atoms with Gasteiger partial charge in [-0.1, -0.05) is 0 Å². The van der Waals surface area contributed by atoms with E-state index in [4.69, 9.17) is 0 Å². The SMILES string of the molecule is Cc1cnc(NC(=O)c2cc(C(F)(F)F)ccc2Br)s1. The molecule has 1 aromatic carbocycles. The molecule has 0 unspecified atom stereocenters. The van der Waals surface area contributed by atoms with Gasteiger partial charge in [0, 0.05) is 15.5 Å². The number of hydrogen-bond donors (Lipinski definition) is 1. The Hall–Kier alpha value is -1.41. The highest BCUT2D eigenvalue weighted by molar-refractivity contribution is 9.10. The van der Waals surface area contributed by atoms with Crippen molar-refractivity contribution in [2.45, 2.75) is 13.1 Å². The predicted octanol–water partition coefficient (Wildman–Crippen LogP) is 4.49. The number of nitrogens with one attached hydrogen (secondary N) is 1. The first kappa shape index (κ1) is 15.0. The normalized spacial score (nSPS) is 11.4. The van der Waals surface area contributed by atoms with Crippen molar-refractivity contribution in [1.82, 2.24) is 4.98 Å². The Labute approximate surface area is 125 Å². The molecule has 106 valence electrons. The van der Waals surface area contributed by atoms with Crippen LogP contribution >= 0.6 is 27.3 Å². The van der Waals surface area contributed by atoms with Crippen LogP contribution in [0.1, 0.15) is 20.8 Å². The zero-order chi connectivity index (χ0) is 14.9. The van der Waals surface area contributed by atoms with Gasteiger partial charge in [-0.25, -0.2) is 4.98 Å². The third kappa shape index (κ3) is 3.37. The molecular formula is C12H8BrF3N2OS. The monoisotopic (exact) mass is 364 g/mol. The van der Waals surface area contributed by atoms with Crippen LogP contribution in [0.5, 0.6) is 0 Å². The molecule has 0 aliphatic carbocycles. The first-order chi connectivity index (χ1) is 9.27. The van der Waals surface area contributed by atoms with E-state index >= 15 is 0 Å². The van der Waals surface area contributed by atoms with Gasteiger partial charge in [0.2, 0.25) is 0 Å². The molecule has 3 nitrogen and oxygen atoms in total. The molecule has 1 heterocycles. The van der Waals surface area contributed by atoms with Gasteiger partial charge >= 0.3 is 6.18 Å². The van der Waals surface area contributed by atoms with Crippen molar-refractivity contribution in [2.24, 2.45) is 0 Å². The number of amides is 1. The minimum absolute atomic E-state index is 0.0901. The first-order valence-corrected chi connectivity index (χ1v) is 6.99. The summed E-state index contributed by atoms with van der Waals surface area (Å²) >= 11 is 4.32. The summed E-state index contributed by atoms with van der Waals surface area (Å²) in [5.74, 6) is -0.641. The molecule has 0 atom stereocenters. The molecule has 20 heavy (non-hydrogen) atoms. The average molecular weight is 365 g/mol. The minimum atomic E-state index is -4.49. The summed E-state index contributed by atoms with van der Waals surface area (Å²) in [5.41, 5.74) is -0.964. The first-order valence-electron chi connectivity index (χ1n) is 5.38. The molecule has 0 aliphatic heterocycles. The Kier molecular flexibility index (Phi) is 4.14. The standard InChI is InChI=1S/C12H8BrF3N2OS/c1-6-5-17-11(20-6)18-10(19)8-4-7(12(14,15)16)2-3-9(8)13/h2-5H,1H3,(H,17,18,19). The second-order valence-corrected chi connectivity index (χ2v) is 6.01. The van der Waals surface area contributed by atoms with Gasteiger partial charge in [-0.05, 0) is 41.1 Å². The largest absolute Gasteiger partial charge is 0.416 e. The van der Waals surface area contributed by atoms with Gasteiger partial charge in [0.15, 0.2) is 5.13 Å². The van der Waals surface area contributed by atoms with Crippen LogP contribution in [0.3, 0.4) is 0 Å². The van der Waals surface area contributed by atoms with Crippen molar-refractivity contribution >= 4 is 38.3 Å². The van der Waals surface area contributed by atoms with E-state index in [1.165, 1.54) is 17.4 Å². The van der Waals surface area contributed by atoms with Gasteiger partial charge in [-0.15, -0.1) is 11.3 Å². The van der Waals surface area contributed by atoms with Gasteiger partial charge in [-0.2, -0.15) is 13.2 Å².